The van der Waals surface area contributed by atoms with E-state index in [4.69, 9.17) is 5.11 Å². The van der Waals surface area contributed by atoms with Gasteiger partial charge in [-0.05, 0) is 24.1 Å². The highest BCUT2D eigenvalue weighted by Crippen LogP contribution is 2.12. The predicted octanol–water partition coefficient (Wildman–Crippen LogP) is 0.905. The molecule has 0 bridgehead atoms. The highest BCUT2D eigenvalue weighted by molar-refractivity contribution is 7.89. The molecule has 1 aromatic heterocycles. The third-order valence-corrected chi connectivity index (χ3v) is 4.29. The summed E-state index contributed by atoms with van der Waals surface area (Å²) in [6, 6.07) is 6.17. The number of imidazole rings is 1. The lowest BCUT2D eigenvalue weighted by Gasteiger charge is -2.06. The molecule has 0 saturated heterocycles. The van der Waals surface area contributed by atoms with Crippen molar-refractivity contribution in [2.24, 2.45) is 0 Å². The van der Waals surface area contributed by atoms with Crippen LogP contribution in [0.5, 0.6) is 0 Å². The summed E-state index contributed by atoms with van der Waals surface area (Å²) in [5.74, 6) is -0.882. The van der Waals surface area contributed by atoms with Gasteiger partial charge in [0.15, 0.2) is 0 Å². The standard InChI is InChI=1S/C13H15N3O4S/c17-13(18)6-3-10-1-4-12(5-2-10)21(19,20)16-8-11-7-14-9-15-11/h1-2,4-5,7,9,16H,3,6,8H2,(H,14,15)(H,17,18). The Labute approximate surface area is 122 Å². The second-order valence-corrected chi connectivity index (χ2v) is 6.21. The van der Waals surface area contributed by atoms with E-state index in [1.165, 1.54) is 24.7 Å². The molecule has 1 heterocycles. The second-order valence-electron chi connectivity index (χ2n) is 4.44. The van der Waals surface area contributed by atoms with Gasteiger partial charge in [-0.15, -0.1) is 0 Å². The Balaban J connectivity index is 2.01. The molecule has 0 radical (unpaired) electrons. The SMILES string of the molecule is O=C(O)CCc1ccc(S(=O)(=O)NCc2cnc[nH]2)cc1. The van der Waals surface area contributed by atoms with E-state index in [9.17, 15) is 13.2 Å². The normalized spacial score (nSPS) is 11.4. The maximum Gasteiger partial charge on any atom is 0.303 e. The summed E-state index contributed by atoms with van der Waals surface area (Å²) in [7, 11) is -3.60. The van der Waals surface area contributed by atoms with E-state index >= 15 is 0 Å². The van der Waals surface area contributed by atoms with Gasteiger partial charge in [0.1, 0.15) is 0 Å². The smallest absolute Gasteiger partial charge is 0.303 e. The summed E-state index contributed by atoms with van der Waals surface area (Å²) in [4.78, 5) is 17.2. The van der Waals surface area contributed by atoms with Gasteiger partial charge in [-0.1, -0.05) is 12.1 Å². The molecule has 1 aromatic carbocycles. The number of aliphatic carboxylic acids is 1. The van der Waals surface area contributed by atoms with Gasteiger partial charge in [0.2, 0.25) is 10.0 Å². The van der Waals surface area contributed by atoms with Gasteiger partial charge in [-0.2, -0.15) is 0 Å². The Kier molecular flexibility index (Phi) is 4.71. The number of carboxylic acids is 1. The Morgan fingerprint density at radius 3 is 2.57 bits per heavy atom. The molecule has 0 fully saturated rings. The summed E-state index contributed by atoms with van der Waals surface area (Å²) >= 11 is 0. The number of aromatic nitrogens is 2. The monoisotopic (exact) mass is 309 g/mol. The van der Waals surface area contributed by atoms with Gasteiger partial charge in [-0.3, -0.25) is 4.79 Å². The van der Waals surface area contributed by atoms with Crippen LogP contribution < -0.4 is 4.72 Å². The van der Waals surface area contributed by atoms with Crippen LogP contribution in [0.2, 0.25) is 0 Å². The number of nitrogens with zero attached hydrogens (tertiary/aromatic N) is 1. The summed E-state index contributed by atoms with van der Waals surface area (Å²) < 4.78 is 26.6. The molecule has 21 heavy (non-hydrogen) atoms. The maximum absolute atomic E-state index is 12.1. The maximum atomic E-state index is 12.1. The van der Waals surface area contributed by atoms with Crippen LogP contribution in [0.1, 0.15) is 17.7 Å². The summed E-state index contributed by atoms with van der Waals surface area (Å²) in [5, 5.41) is 8.61. The number of hydrogen-bond donors (Lipinski definition) is 3. The number of H-pyrrole nitrogens is 1. The van der Waals surface area contributed by atoms with Gasteiger partial charge < -0.3 is 10.1 Å². The van der Waals surface area contributed by atoms with E-state index in [1.54, 1.807) is 12.1 Å². The molecule has 0 aliphatic rings. The Hall–Kier alpha value is -2.19. The lowest BCUT2D eigenvalue weighted by Crippen LogP contribution is -2.23. The Morgan fingerprint density at radius 1 is 1.29 bits per heavy atom. The number of nitrogens with one attached hydrogen (secondary N) is 2. The lowest BCUT2D eigenvalue weighted by molar-refractivity contribution is -0.136. The van der Waals surface area contributed by atoms with E-state index in [2.05, 4.69) is 14.7 Å². The minimum Gasteiger partial charge on any atom is -0.481 e. The number of carboxylic acid groups (broad SMARTS) is 1. The average Bonchev–Trinajstić information content (AvgIpc) is 2.97. The molecule has 2 rings (SSSR count). The van der Waals surface area contributed by atoms with Gasteiger partial charge in [0.25, 0.3) is 0 Å². The van der Waals surface area contributed by atoms with Crippen molar-refractivity contribution in [2.45, 2.75) is 24.3 Å². The van der Waals surface area contributed by atoms with E-state index < -0.39 is 16.0 Å². The number of sulfonamides is 1. The second kappa shape index (κ2) is 6.51. The van der Waals surface area contributed by atoms with Crippen LogP contribution in [-0.4, -0.2) is 29.5 Å². The largest absolute Gasteiger partial charge is 0.481 e. The first kappa shape index (κ1) is 15.2. The van der Waals surface area contributed by atoms with Crippen molar-refractivity contribution in [3.05, 3.63) is 48.0 Å². The molecule has 0 spiro atoms. The summed E-state index contributed by atoms with van der Waals surface area (Å²) in [5.41, 5.74) is 1.45. The zero-order valence-corrected chi connectivity index (χ0v) is 11.9. The molecule has 0 amide bonds. The molecule has 7 nitrogen and oxygen atoms in total. The summed E-state index contributed by atoms with van der Waals surface area (Å²) in [6.07, 6.45) is 3.40. The zero-order valence-electron chi connectivity index (χ0n) is 11.1. The van der Waals surface area contributed by atoms with Crippen molar-refractivity contribution in [3.8, 4) is 0 Å². The minimum absolute atomic E-state index is 0.0180. The molecule has 0 unspecified atom stereocenters. The van der Waals surface area contributed by atoms with Crippen LogP contribution in [0.25, 0.3) is 0 Å². The fourth-order valence-electron chi connectivity index (χ4n) is 1.72. The van der Waals surface area contributed by atoms with Crippen LogP contribution in [0.4, 0.5) is 0 Å². The molecule has 3 N–H and O–H groups in total. The molecule has 8 heteroatoms. The van der Waals surface area contributed by atoms with Gasteiger partial charge in [0.05, 0.1) is 17.8 Å². The minimum atomic E-state index is -3.60. The Morgan fingerprint density at radius 2 is 2.00 bits per heavy atom. The molecule has 0 atom stereocenters. The predicted molar refractivity (Wildman–Crippen MR) is 75.0 cm³/mol. The van der Waals surface area contributed by atoms with Crippen LogP contribution >= 0.6 is 0 Å². The topological polar surface area (TPSA) is 112 Å². The van der Waals surface area contributed by atoms with Crippen molar-refractivity contribution < 1.29 is 18.3 Å². The van der Waals surface area contributed by atoms with E-state index in [1.807, 2.05) is 0 Å². The van der Waals surface area contributed by atoms with Crippen LogP contribution in [0.3, 0.4) is 0 Å². The third kappa shape index (κ3) is 4.40. The van der Waals surface area contributed by atoms with Crippen molar-refractivity contribution >= 4 is 16.0 Å². The average molecular weight is 309 g/mol. The van der Waals surface area contributed by atoms with Gasteiger partial charge in [0, 0.05) is 18.3 Å². The molecule has 112 valence electrons. The van der Waals surface area contributed by atoms with E-state index in [-0.39, 0.29) is 17.9 Å². The molecular formula is C13H15N3O4S. The Bertz CT molecular complexity index is 694. The number of carbonyl (C=O) groups is 1. The van der Waals surface area contributed by atoms with Crippen molar-refractivity contribution in [2.75, 3.05) is 0 Å². The van der Waals surface area contributed by atoms with Crippen LogP contribution in [0.15, 0.2) is 41.7 Å². The number of rotatable bonds is 7. The number of hydrogen-bond acceptors (Lipinski definition) is 4. The highest BCUT2D eigenvalue weighted by Gasteiger charge is 2.13. The van der Waals surface area contributed by atoms with Gasteiger partial charge >= 0.3 is 5.97 Å². The molecular weight excluding hydrogens is 294 g/mol. The van der Waals surface area contributed by atoms with Crippen molar-refractivity contribution in [3.63, 3.8) is 0 Å². The first-order valence-corrected chi connectivity index (χ1v) is 7.73. The first-order chi connectivity index (χ1) is 9.97. The molecule has 2 aromatic rings. The van der Waals surface area contributed by atoms with E-state index in [0.29, 0.717) is 12.1 Å². The van der Waals surface area contributed by atoms with Gasteiger partial charge in [-0.25, -0.2) is 18.1 Å². The lowest BCUT2D eigenvalue weighted by atomic mass is 10.1. The van der Waals surface area contributed by atoms with Crippen LogP contribution in [0, 0.1) is 0 Å². The number of aromatic amines is 1. The highest BCUT2D eigenvalue weighted by atomic mass is 32.2. The fraction of sp³-hybridized carbons (Fsp3) is 0.231. The first-order valence-electron chi connectivity index (χ1n) is 6.25. The number of benzene rings is 1. The quantitative estimate of drug-likeness (QED) is 0.703. The van der Waals surface area contributed by atoms with Crippen molar-refractivity contribution in [1.29, 1.82) is 0 Å². The molecule has 0 aliphatic heterocycles. The third-order valence-electron chi connectivity index (χ3n) is 2.87. The molecule has 0 aliphatic carbocycles. The fourth-order valence-corrected chi connectivity index (χ4v) is 2.73. The van der Waals surface area contributed by atoms with Crippen molar-refractivity contribution in [1.82, 2.24) is 14.7 Å². The number of aryl methyl sites for hydroxylation is 1. The summed E-state index contributed by atoms with van der Waals surface area (Å²) in [6.45, 7) is 0.128. The zero-order chi connectivity index (χ0) is 15.3. The van der Waals surface area contributed by atoms with Crippen LogP contribution in [-0.2, 0) is 27.8 Å². The van der Waals surface area contributed by atoms with E-state index in [0.717, 1.165) is 5.56 Å². The molecule has 0 saturated carbocycles.